The van der Waals surface area contributed by atoms with Gasteiger partial charge in [0.15, 0.2) is 15.7 Å². The van der Waals surface area contributed by atoms with E-state index in [9.17, 15) is 13.2 Å². The Balaban J connectivity index is 1.82. The van der Waals surface area contributed by atoms with Crippen LogP contribution in [0.15, 0.2) is 30.6 Å². The summed E-state index contributed by atoms with van der Waals surface area (Å²) in [5.41, 5.74) is 0.722. The molecule has 2 aromatic rings. The molecule has 1 aliphatic heterocycles. The zero-order valence-corrected chi connectivity index (χ0v) is 12.4. The lowest BCUT2D eigenvalue weighted by atomic mass is 10.2. The first-order valence-electron chi connectivity index (χ1n) is 6.12. The van der Waals surface area contributed by atoms with Crippen LogP contribution in [0.3, 0.4) is 0 Å². The van der Waals surface area contributed by atoms with Crippen LogP contribution in [0.1, 0.15) is 0 Å². The van der Waals surface area contributed by atoms with Gasteiger partial charge in [-0.25, -0.2) is 18.2 Å². The SMILES string of the molecule is O=C(N1CCS(=O)(=O)C1)n1cnc(-c2ccc(Cl)cc2)n1. The first-order valence-corrected chi connectivity index (χ1v) is 8.32. The number of carbonyl (C=O) groups excluding carboxylic acids is 1. The van der Waals surface area contributed by atoms with E-state index >= 15 is 0 Å². The van der Waals surface area contributed by atoms with Gasteiger partial charge >= 0.3 is 6.03 Å². The van der Waals surface area contributed by atoms with Crippen molar-refractivity contribution in [2.45, 2.75) is 0 Å². The van der Waals surface area contributed by atoms with Crippen molar-refractivity contribution >= 4 is 27.5 Å². The minimum absolute atomic E-state index is 0.0164. The maximum Gasteiger partial charge on any atom is 0.347 e. The molecule has 1 aliphatic rings. The lowest BCUT2D eigenvalue weighted by molar-refractivity contribution is 0.209. The van der Waals surface area contributed by atoms with Crippen molar-refractivity contribution in [1.82, 2.24) is 19.7 Å². The van der Waals surface area contributed by atoms with Gasteiger partial charge in [0.1, 0.15) is 12.2 Å². The third-order valence-corrected chi connectivity index (χ3v) is 4.85. The minimum Gasteiger partial charge on any atom is -0.307 e. The first kappa shape index (κ1) is 14.0. The molecule has 0 unspecified atom stereocenters. The minimum atomic E-state index is -3.17. The number of hydrogen-bond acceptors (Lipinski definition) is 5. The molecular weight excluding hydrogens is 316 g/mol. The molecule has 2 heterocycles. The van der Waals surface area contributed by atoms with Gasteiger partial charge in [-0.2, -0.15) is 4.68 Å². The molecule has 0 N–H and O–H groups in total. The molecule has 3 rings (SSSR count). The average molecular weight is 327 g/mol. The molecule has 110 valence electrons. The molecule has 0 aliphatic carbocycles. The summed E-state index contributed by atoms with van der Waals surface area (Å²) in [5.74, 6) is 0.0847. The number of sulfone groups is 1. The zero-order valence-electron chi connectivity index (χ0n) is 10.8. The highest BCUT2D eigenvalue weighted by Crippen LogP contribution is 2.18. The van der Waals surface area contributed by atoms with E-state index in [1.165, 1.54) is 11.2 Å². The van der Waals surface area contributed by atoms with E-state index < -0.39 is 15.9 Å². The van der Waals surface area contributed by atoms with E-state index in [1.54, 1.807) is 24.3 Å². The maximum atomic E-state index is 12.1. The largest absolute Gasteiger partial charge is 0.347 e. The molecule has 7 nitrogen and oxygen atoms in total. The molecule has 0 spiro atoms. The average Bonchev–Trinajstić information content (AvgIpc) is 3.05. The molecule has 1 fully saturated rings. The normalized spacial score (nSPS) is 17.1. The lowest BCUT2D eigenvalue weighted by Gasteiger charge is -2.11. The second kappa shape index (κ2) is 5.12. The molecule has 9 heteroatoms. The van der Waals surface area contributed by atoms with Gasteiger partial charge in [-0.1, -0.05) is 11.6 Å². The summed E-state index contributed by atoms with van der Waals surface area (Å²) in [5, 5.41) is 4.67. The van der Waals surface area contributed by atoms with Gasteiger partial charge in [0.05, 0.1) is 5.75 Å². The topological polar surface area (TPSA) is 85.2 Å². The third kappa shape index (κ3) is 2.91. The molecule has 1 aromatic heterocycles. The molecule has 1 aromatic carbocycles. The monoisotopic (exact) mass is 326 g/mol. The van der Waals surface area contributed by atoms with Gasteiger partial charge < -0.3 is 4.90 Å². The second-order valence-corrected chi connectivity index (χ2v) is 7.23. The van der Waals surface area contributed by atoms with Crippen molar-refractivity contribution < 1.29 is 13.2 Å². The highest BCUT2D eigenvalue weighted by molar-refractivity contribution is 7.91. The summed E-state index contributed by atoms with van der Waals surface area (Å²) < 4.78 is 23.8. The standard InChI is InChI=1S/C12H11ClN4O3S/c13-10-3-1-9(2-4-10)11-14-7-17(15-11)12(18)16-5-6-21(19,20)8-16/h1-4,7H,5-6,8H2. The van der Waals surface area contributed by atoms with Crippen molar-refractivity contribution in [3.63, 3.8) is 0 Å². The second-order valence-electron chi connectivity index (χ2n) is 4.64. The molecule has 21 heavy (non-hydrogen) atoms. The van der Waals surface area contributed by atoms with Crippen molar-refractivity contribution in [2.75, 3.05) is 18.2 Å². The molecule has 1 amide bonds. The van der Waals surface area contributed by atoms with Crippen molar-refractivity contribution in [2.24, 2.45) is 0 Å². The fourth-order valence-electron chi connectivity index (χ4n) is 2.00. The highest BCUT2D eigenvalue weighted by atomic mass is 35.5. The predicted octanol–water partition coefficient (Wildman–Crippen LogP) is 1.25. The van der Waals surface area contributed by atoms with Crippen LogP contribution in [0.4, 0.5) is 4.79 Å². The molecule has 0 atom stereocenters. The molecule has 0 radical (unpaired) electrons. The van der Waals surface area contributed by atoms with Crippen LogP contribution >= 0.6 is 11.6 Å². The Kier molecular flexibility index (Phi) is 3.42. The first-order chi connectivity index (χ1) is 9.94. The lowest BCUT2D eigenvalue weighted by Crippen LogP contribution is -2.33. The van der Waals surface area contributed by atoms with Crippen LogP contribution in [0.2, 0.25) is 5.02 Å². The Bertz CT molecular complexity index is 785. The van der Waals surface area contributed by atoms with Crippen LogP contribution in [0.25, 0.3) is 11.4 Å². The Morgan fingerprint density at radius 2 is 1.95 bits per heavy atom. The van der Waals surface area contributed by atoms with Gasteiger partial charge in [-0.3, -0.25) is 0 Å². The van der Waals surface area contributed by atoms with Crippen LogP contribution in [-0.2, 0) is 9.84 Å². The Hall–Kier alpha value is -1.93. The summed E-state index contributed by atoms with van der Waals surface area (Å²) in [4.78, 5) is 17.4. The summed E-state index contributed by atoms with van der Waals surface area (Å²) in [7, 11) is -3.17. The number of carbonyl (C=O) groups is 1. The number of hydrogen-bond donors (Lipinski definition) is 0. The van der Waals surface area contributed by atoms with Crippen molar-refractivity contribution in [3.05, 3.63) is 35.6 Å². The number of aromatic nitrogens is 3. The summed E-state index contributed by atoms with van der Waals surface area (Å²) in [6, 6.07) is 6.39. The number of nitrogens with zero attached hydrogens (tertiary/aromatic N) is 4. The molecular formula is C12H11ClN4O3S. The summed E-state index contributed by atoms with van der Waals surface area (Å²) in [6.45, 7) is 0.178. The van der Waals surface area contributed by atoms with Gasteiger partial charge in [0, 0.05) is 17.1 Å². The number of amides is 1. The van der Waals surface area contributed by atoms with E-state index in [0.29, 0.717) is 10.8 Å². The summed E-state index contributed by atoms with van der Waals surface area (Å²) in [6.07, 6.45) is 1.28. The Morgan fingerprint density at radius 1 is 1.24 bits per heavy atom. The van der Waals surface area contributed by atoms with Gasteiger partial charge in [0.2, 0.25) is 0 Å². The molecule has 0 bridgehead atoms. The third-order valence-electron chi connectivity index (χ3n) is 3.09. The van der Waals surface area contributed by atoms with Crippen LogP contribution in [0.5, 0.6) is 0 Å². The highest BCUT2D eigenvalue weighted by Gasteiger charge is 2.30. The summed E-state index contributed by atoms with van der Waals surface area (Å²) >= 11 is 5.80. The quantitative estimate of drug-likeness (QED) is 0.787. The fourth-order valence-corrected chi connectivity index (χ4v) is 3.47. The maximum absolute atomic E-state index is 12.1. The number of benzene rings is 1. The van der Waals surface area contributed by atoms with Crippen molar-refractivity contribution in [3.8, 4) is 11.4 Å². The Labute approximate surface area is 126 Å². The smallest absolute Gasteiger partial charge is 0.307 e. The number of halogens is 1. The van der Waals surface area contributed by atoms with Crippen molar-refractivity contribution in [1.29, 1.82) is 0 Å². The fraction of sp³-hybridized carbons (Fsp3) is 0.250. The van der Waals surface area contributed by atoms with Gasteiger partial charge in [0.25, 0.3) is 0 Å². The van der Waals surface area contributed by atoms with Gasteiger partial charge in [-0.15, -0.1) is 5.10 Å². The van der Waals surface area contributed by atoms with E-state index in [1.807, 2.05) is 0 Å². The van der Waals surface area contributed by atoms with Crippen LogP contribution in [-0.4, -0.2) is 52.3 Å². The number of rotatable bonds is 1. The molecule has 1 saturated heterocycles. The van der Waals surface area contributed by atoms with E-state index in [2.05, 4.69) is 10.1 Å². The predicted molar refractivity (Wildman–Crippen MR) is 76.6 cm³/mol. The zero-order chi connectivity index (χ0) is 15.0. The Morgan fingerprint density at radius 3 is 2.57 bits per heavy atom. The van der Waals surface area contributed by atoms with Crippen LogP contribution < -0.4 is 0 Å². The molecule has 0 saturated carbocycles. The van der Waals surface area contributed by atoms with E-state index in [-0.39, 0.29) is 18.2 Å². The van der Waals surface area contributed by atoms with E-state index in [0.717, 1.165) is 10.2 Å². The van der Waals surface area contributed by atoms with Gasteiger partial charge in [-0.05, 0) is 24.3 Å². The van der Waals surface area contributed by atoms with E-state index in [4.69, 9.17) is 11.6 Å². The van der Waals surface area contributed by atoms with Crippen LogP contribution in [0, 0.1) is 0 Å².